The van der Waals surface area contributed by atoms with Gasteiger partial charge < -0.3 is 0 Å². The maximum absolute atomic E-state index is 10.8. The van der Waals surface area contributed by atoms with Crippen molar-refractivity contribution in [3.63, 3.8) is 0 Å². The minimum atomic E-state index is 0.0666. The minimum Gasteiger partial charge on any atom is -0.294 e. The topological polar surface area (TPSA) is 29.4 Å². The highest BCUT2D eigenvalue weighted by Gasteiger charge is 1.97. The fraction of sp³-hybridized carbons (Fsp3) is 0.556. The molecule has 0 aliphatic rings. The van der Waals surface area contributed by atoms with E-state index < -0.39 is 0 Å². The lowest BCUT2D eigenvalue weighted by molar-refractivity contribution is -0.113. The Kier molecular flexibility index (Phi) is 4.42. The quantitative estimate of drug-likeness (QED) is 0.450. The number of aliphatic imine (C=N–C) groups is 1. The third kappa shape index (κ3) is 4.48. The number of rotatable bonds is 3. The largest absolute Gasteiger partial charge is 0.294 e. The lowest BCUT2D eigenvalue weighted by atomic mass is 10.2. The number of hydrogen-bond acceptors (Lipinski definition) is 2. The van der Waals surface area contributed by atoms with E-state index in [0.29, 0.717) is 5.57 Å². The summed E-state index contributed by atoms with van der Waals surface area (Å²) in [5.41, 5.74) is 0.679. The number of hydrogen-bond donors (Lipinski definition) is 0. The molecular weight excluding hydrogens is 138 g/mol. The van der Waals surface area contributed by atoms with Gasteiger partial charge in [-0.15, -0.1) is 0 Å². The highest BCUT2D eigenvalue weighted by Crippen LogP contribution is 1.93. The molecule has 2 nitrogen and oxygen atoms in total. The number of allylic oxidation sites excluding steroid dienone is 2. The molecule has 0 saturated carbocycles. The van der Waals surface area contributed by atoms with Gasteiger partial charge in [0, 0.05) is 17.8 Å². The average Bonchev–Trinajstić information content (AvgIpc) is 1.87. The molecule has 0 fully saturated rings. The zero-order valence-corrected chi connectivity index (χ0v) is 7.59. The van der Waals surface area contributed by atoms with Gasteiger partial charge in [-0.05, 0) is 27.7 Å². The van der Waals surface area contributed by atoms with E-state index in [2.05, 4.69) is 4.99 Å². The smallest absolute Gasteiger partial charge is 0.160 e. The van der Waals surface area contributed by atoms with Crippen molar-refractivity contribution >= 4 is 12.0 Å². The average molecular weight is 153 g/mol. The molecular formula is C9H15NO. The number of carbonyl (C=O) groups excluding carboxylic acids is 1. The summed E-state index contributed by atoms with van der Waals surface area (Å²) in [7, 11) is 0. The number of ketones is 1. The van der Waals surface area contributed by atoms with Crippen LogP contribution in [0.4, 0.5) is 0 Å². The summed E-state index contributed by atoms with van der Waals surface area (Å²) in [6, 6.07) is 0.254. The fourth-order valence-electron chi connectivity index (χ4n) is 0.598. The van der Waals surface area contributed by atoms with Crippen molar-refractivity contribution in [2.45, 2.75) is 33.7 Å². The monoisotopic (exact) mass is 153 g/mol. The molecule has 2 heteroatoms. The van der Waals surface area contributed by atoms with Crippen molar-refractivity contribution in [1.82, 2.24) is 0 Å². The molecule has 0 aliphatic heterocycles. The van der Waals surface area contributed by atoms with Crippen LogP contribution in [0, 0.1) is 0 Å². The molecule has 11 heavy (non-hydrogen) atoms. The van der Waals surface area contributed by atoms with E-state index in [1.807, 2.05) is 20.8 Å². The molecule has 0 atom stereocenters. The van der Waals surface area contributed by atoms with E-state index in [-0.39, 0.29) is 11.8 Å². The zero-order valence-electron chi connectivity index (χ0n) is 7.59. The third-order valence-electron chi connectivity index (χ3n) is 1.23. The van der Waals surface area contributed by atoms with Crippen LogP contribution >= 0.6 is 0 Å². The minimum absolute atomic E-state index is 0.0666. The van der Waals surface area contributed by atoms with Crippen molar-refractivity contribution in [3.05, 3.63) is 11.6 Å². The molecule has 0 amide bonds. The maximum atomic E-state index is 10.8. The van der Waals surface area contributed by atoms with Crippen LogP contribution in [0.25, 0.3) is 0 Å². The molecule has 0 bridgehead atoms. The molecule has 0 radical (unpaired) electrons. The van der Waals surface area contributed by atoms with Crippen LogP contribution in [0.1, 0.15) is 27.7 Å². The maximum Gasteiger partial charge on any atom is 0.160 e. The zero-order chi connectivity index (χ0) is 8.85. The van der Waals surface area contributed by atoms with Crippen LogP contribution in [-0.4, -0.2) is 18.0 Å². The summed E-state index contributed by atoms with van der Waals surface area (Å²) in [5.74, 6) is 0.0666. The van der Waals surface area contributed by atoms with E-state index >= 15 is 0 Å². The molecule has 0 heterocycles. The standard InChI is InChI=1S/C9H15NO/c1-5-9(8(4)11)6-10-7(2)3/h5-7H,1-4H3/b9-5+,10-6?. The Bertz CT molecular complexity index is 190. The lowest BCUT2D eigenvalue weighted by Gasteiger charge is -1.95. The summed E-state index contributed by atoms with van der Waals surface area (Å²) in [4.78, 5) is 14.9. The first kappa shape index (κ1) is 10.1. The predicted octanol–water partition coefficient (Wildman–Crippen LogP) is 2.00. The van der Waals surface area contributed by atoms with Gasteiger partial charge in [-0.3, -0.25) is 9.79 Å². The van der Waals surface area contributed by atoms with Crippen LogP contribution in [0.5, 0.6) is 0 Å². The Balaban J connectivity index is 4.22. The van der Waals surface area contributed by atoms with E-state index in [4.69, 9.17) is 0 Å². The summed E-state index contributed by atoms with van der Waals surface area (Å²) >= 11 is 0. The highest BCUT2D eigenvalue weighted by atomic mass is 16.1. The van der Waals surface area contributed by atoms with E-state index in [1.165, 1.54) is 0 Å². The van der Waals surface area contributed by atoms with E-state index in [0.717, 1.165) is 0 Å². The molecule has 0 N–H and O–H groups in total. The van der Waals surface area contributed by atoms with Crippen LogP contribution in [0.2, 0.25) is 0 Å². The van der Waals surface area contributed by atoms with Crippen LogP contribution < -0.4 is 0 Å². The Morgan fingerprint density at radius 3 is 2.27 bits per heavy atom. The summed E-state index contributed by atoms with van der Waals surface area (Å²) < 4.78 is 0. The second-order valence-electron chi connectivity index (χ2n) is 2.67. The number of Topliss-reactive ketones (excluding diaryl/α,β-unsaturated/α-hetero) is 1. The first-order valence-corrected chi connectivity index (χ1v) is 3.78. The first-order valence-electron chi connectivity index (χ1n) is 3.78. The van der Waals surface area contributed by atoms with Gasteiger partial charge in [-0.25, -0.2) is 0 Å². The van der Waals surface area contributed by atoms with Gasteiger partial charge in [-0.2, -0.15) is 0 Å². The van der Waals surface area contributed by atoms with Crippen molar-refractivity contribution in [2.24, 2.45) is 4.99 Å². The third-order valence-corrected chi connectivity index (χ3v) is 1.23. The Morgan fingerprint density at radius 1 is 1.45 bits per heavy atom. The van der Waals surface area contributed by atoms with Gasteiger partial charge in [0.25, 0.3) is 0 Å². The molecule has 0 aromatic rings. The molecule has 0 aliphatic carbocycles. The van der Waals surface area contributed by atoms with Crippen molar-refractivity contribution in [1.29, 1.82) is 0 Å². The summed E-state index contributed by atoms with van der Waals surface area (Å²) in [5, 5.41) is 0. The van der Waals surface area contributed by atoms with Crippen LogP contribution in [0.3, 0.4) is 0 Å². The summed E-state index contributed by atoms with van der Waals surface area (Å²) in [6.45, 7) is 7.33. The first-order chi connectivity index (χ1) is 5.07. The number of carbonyl (C=O) groups is 1. The molecule has 0 aromatic heterocycles. The molecule has 0 spiro atoms. The van der Waals surface area contributed by atoms with Crippen LogP contribution in [0.15, 0.2) is 16.6 Å². The van der Waals surface area contributed by atoms with Gasteiger partial charge in [0.2, 0.25) is 0 Å². The van der Waals surface area contributed by atoms with Gasteiger partial charge in [0.05, 0.1) is 0 Å². The second-order valence-corrected chi connectivity index (χ2v) is 2.67. The molecule has 62 valence electrons. The van der Waals surface area contributed by atoms with Gasteiger partial charge in [-0.1, -0.05) is 6.08 Å². The molecule has 0 saturated heterocycles. The fourth-order valence-corrected chi connectivity index (χ4v) is 0.598. The lowest BCUT2D eigenvalue weighted by Crippen LogP contribution is -1.99. The molecule has 0 unspecified atom stereocenters. The highest BCUT2D eigenvalue weighted by molar-refractivity contribution is 6.12. The predicted molar refractivity (Wildman–Crippen MR) is 48.1 cm³/mol. The van der Waals surface area contributed by atoms with Gasteiger partial charge >= 0.3 is 0 Å². The Morgan fingerprint density at radius 2 is 2.00 bits per heavy atom. The molecule has 0 rings (SSSR count). The second kappa shape index (κ2) is 4.83. The van der Waals surface area contributed by atoms with Gasteiger partial charge in [0.1, 0.15) is 0 Å². The van der Waals surface area contributed by atoms with Crippen molar-refractivity contribution < 1.29 is 4.79 Å². The Hall–Kier alpha value is -0.920. The van der Waals surface area contributed by atoms with E-state index in [1.54, 1.807) is 19.2 Å². The number of nitrogens with zero attached hydrogens (tertiary/aromatic N) is 1. The van der Waals surface area contributed by atoms with Crippen molar-refractivity contribution in [2.75, 3.05) is 0 Å². The van der Waals surface area contributed by atoms with E-state index in [9.17, 15) is 4.79 Å². The normalized spacial score (nSPS) is 13.0. The Labute approximate surface area is 68.0 Å². The van der Waals surface area contributed by atoms with Crippen LogP contribution in [-0.2, 0) is 4.79 Å². The summed E-state index contributed by atoms with van der Waals surface area (Å²) in [6.07, 6.45) is 3.40. The SMILES string of the molecule is C/C=C(\C=NC(C)C)C(C)=O. The molecule has 0 aromatic carbocycles. The van der Waals surface area contributed by atoms with Gasteiger partial charge in [0.15, 0.2) is 5.78 Å². The van der Waals surface area contributed by atoms with Crippen molar-refractivity contribution in [3.8, 4) is 0 Å².